The first-order valence-electron chi connectivity index (χ1n) is 5.35. The molecule has 0 saturated heterocycles. The average Bonchev–Trinajstić information content (AvgIpc) is 2.38. The van der Waals surface area contributed by atoms with Crippen LogP contribution >= 0.6 is 11.6 Å². The van der Waals surface area contributed by atoms with E-state index in [9.17, 15) is 10.0 Å². The van der Waals surface area contributed by atoms with Gasteiger partial charge < -0.3 is 0 Å². The van der Waals surface area contributed by atoms with E-state index in [1.807, 2.05) is 12.1 Å². The van der Waals surface area contributed by atoms with Crippen LogP contribution in [-0.2, 0) is 0 Å². The van der Waals surface area contributed by atoms with Crippen LogP contribution in [0.3, 0.4) is 0 Å². The molecule has 2 rings (SSSR count). The Hall–Kier alpha value is -2.13. The van der Waals surface area contributed by atoms with E-state index in [4.69, 9.17) is 11.6 Å². The van der Waals surface area contributed by atoms with Crippen molar-refractivity contribution in [3.63, 3.8) is 0 Å². The minimum Gasteiger partial charge on any atom is -0.284 e. The van der Waals surface area contributed by atoms with Crippen molar-refractivity contribution < 1.29 is 14.7 Å². The van der Waals surface area contributed by atoms with Crippen molar-refractivity contribution in [1.82, 2.24) is 0 Å². The third-order valence-corrected chi connectivity index (χ3v) is 2.64. The van der Waals surface area contributed by atoms with Crippen molar-refractivity contribution in [3.05, 3.63) is 71.0 Å². The number of ketones is 1. The van der Waals surface area contributed by atoms with Crippen LogP contribution in [-0.4, -0.2) is 11.0 Å². The highest BCUT2D eigenvalue weighted by atomic mass is 35.5. The van der Waals surface area contributed by atoms with Gasteiger partial charge in [0.05, 0.1) is 0 Å². The Bertz CT molecular complexity index is 591. The lowest BCUT2D eigenvalue weighted by atomic mass is 10.1. The molecule has 1 aromatic heterocycles. The smallest absolute Gasteiger partial charge is 0.284 e. The Kier molecular flexibility index (Phi) is 3.75. The average molecular weight is 261 g/mol. The molecule has 0 aliphatic carbocycles. The number of halogens is 1. The van der Waals surface area contributed by atoms with Gasteiger partial charge in [-0.1, -0.05) is 29.8 Å². The molecule has 0 amide bonds. The quantitative estimate of drug-likeness (QED) is 0.399. The molecule has 0 aliphatic rings. The van der Waals surface area contributed by atoms with Crippen molar-refractivity contribution in [3.8, 4) is 0 Å². The van der Waals surface area contributed by atoms with Crippen molar-refractivity contribution in [2.75, 3.05) is 0 Å². The molecule has 0 spiro atoms. The molecule has 0 atom stereocenters. The van der Waals surface area contributed by atoms with E-state index in [1.54, 1.807) is 36.4 Å². The Morgan fingerprint density at radius 1 is 1.17 bits per heavy atom. The Labute approximate surface area is 110 Å². The maximum absolute atomic E-state index is 11.8. The number of hydrogen-bond donors (Lipinski definition) is 1. The molecule has 90 valence electrons. The topological polar surface area (TPSA) is 41.2 Å². The van der Waals surface area contributed by atoms with Gasteiger partial charge in [-0.05, 0) is 29.8 Å². The summed E-state index contributed by atoms with van der Waals surface area (Å²) in [7, 11) is 0. The van der Waals surface area contributed by atoms with Crippen LogP contribution in [0.15, 0.2) is 54.7 Å². The molecular formula is C14H11ClNO2+. The molecule has 3 nitrogen and oxygen atoms in total. The summed E-state index contributed by atoms with van der Waals surface area (Å²) in [4.78, 5) is 11.8. The van der Waals surface area contributed by atoms with Gasteiger partial charge in [-0.2, -0.15) is 0 Å². The number of hydrogen-bond acceptors (Lipinski definition) is 2. The largest absolute Gasteiger partial charge is 0.304 e. The second-order valence-corrected chi connectivity index (χ2v) is 4.12. The zero-order valence-corrected chi connectivity index (χ0v) is 10.2. The fraction of sp³-hybridized carbons (Fsp3) is 0. The van der Waals surface area contributed by atoms with Crippen LogP contribution in [0, 0.1) is 0 Å². The lowest BCUT2D eigenvalue weighted by Gasteiger charge is -1.93. The van der Waals surface area contributed by atoms with Gasteiger partial charge in [0.1, 0.15) is 0 Å². The third-order valence-electron chi connectivity index (χ3n) is 2.39. The van der Waals surface area contributed by atoms with Gasteiger partial charge in [0, 0.05) is 21.9 Å². The van der Waals surface area contributed by atoms with Gasteiger partial charge in [0.15, 0.2) is 0 Å². The highest BCUT2D eigenvalue weighted by Gasteiger charge is 2.15. The summed E-state index contributed by atoms with van der Waals surface area (Å²) in [5.74, 6) is -0.270. The highest BCUT2D eigenvalue weighted by Crippen LogP contribution is 2.10. The number of aromatic nitrogens is 1. The van der Waals surface area contributed by atoms with E-state index in [1.165, 1.54) is 12.3 Å². The first kappa shape index (κ1) is 12.3. The second-order valence-electron chi connectivity index (χ2n) is 3.68. The molecule has 1 aromatic carbocycles. The number of rotatable bonds is 3. The van der Waals surface area contributed by atoms with Crippen LogP contribution < -0.4 is 4.73 Å². The summed E-state index contributed by atoms with van der Waals surface area (Å²) in [6, 6.07) is 12.0. The highest BCUT2D eigenvalue weighted by molar-refractivity contribution is 6.30. The second kappa shape index (κ2) is 5.47. The number of carbonyl (C=O) groups excluding carboxylic acids is 1. The lowest BCUT2D eigenvalue weighted by molar-refractivity contribution is -0.905. The van der Waals surface area contributed by atoms with Crippen LogP contribution in [0.1, 0.15) is 16.1 Å². The molecule has 18 heavy (non-hydrogen) atoms. The van der Waals surface area contributed by atoms with Crippen LogP contribution in [0.5, 0.6) is 0 Å². The number of carbonyl (C=O) groups is 1. The zero-order chi connectivity index (χ0) is 13.0. The fourth-order valence-corrected chi connectivity index (χ4v) is 1.59. The van der Waals surface area contributed by atoms with Crippen molar-refractivity contribution in [2.24, 2.45) is 0 Å². The van der Waals surface area contributed by atoms with Gasteiger partial charge in [-0.15, -0.1) is 0 Å². The van der Waals surface area contributed by atoms with Gasteiger partial charge in [0.2, 0.25) is 6.20 Å². The number of pyridine rings is 1. The molecule has 0 fully saturated rings. The summed E-state index contributed by atoms with van der Waals surface area (Å²) in [5.41, 5.74) is 1.08. The van der Waals surface area contributed by atoms with Crippen LogP contribution in [0.4, 0.5) is 0 Å². The maximum atomic E-state index is 11.8. The predicted octanol–water partition coefficient (Wildman–Crippen LogP) is 2.76. The standard InChI is InChI=1S/C14H11ClNO2/c15-12-7-4-11(5-8-12)6-9-14(17)13-3-1-2-10-16(13)18/h1-10,18H/q+1. The van der Waals surface area contributed by atoms with E-state index >= 15 is 0 Å². The van der Waals surface area contributed by atoms with E-state index in [0.717, 1.165) is 10.3 Å². The Balaban J connectivity index is 2.17. The van der Waals surface area contributed by atoms with Gasteiger partial charge in [-0.3, -0.25) is 10.0 Å². The van der Waals surface area contributed by atoms with Crippen LogP contribution in [0.25, 0.3) is 6.08 Å². The molecule has 0 radical (unpaired) electrons. The number of benzene rings is 1. The Morgan fingerprint density at radius 2 is 1.89 bits per heavy atom. The van der Waals surface area contributed by atoms with Crippen molar-refractivity contribution in [2.45, 2.75) is 0 Å². The van der Waals surface area contributed by atoms with Crippen molar-refractivity contribution in [1.29, 1.82) is 0 Å². The minimum atomic E-state index is -0.270. The zero-order valence-electron chi connectivity index (χ0n) is 9.45. The predicted molar refractivity (Wildman–Crippen MR) is 68.6 cm³/mol. The van der Waals surface area contributed by atoms with Crippen molar-refractivity contribution >= 4 is 23.5 Å². The molecule has 0 aliphatic heterocycles. The van der Waals surface area contributed by atoms with E-state index in [0.29, 0.717) is 5.02 Å². The molecule has 0 unspecified atom stereocenters. The molecule has 2 aromatic rings. The third kappa shape index (κ3) is 2.96. The molecule has 1 N–H and O–H groups in total. The molecule has 4 heteroatoms. The van der Waals surface area contributed by atoms with E-state index < -0.39 is 0 Å². The van der Waals surface area contributed by atoms with E-state index in [-0.39, 0.29) is 11.5 Å². The fourth-order valence-electron chi connectivity index (χ4n) is 1.46. The summed E-state index contributed by atoms with van der Waals surface area (Å²) in [5, 5.41) is 10.1. The van der Waals surface area contributed by atoms with Crippen LogP contribution in [0.2, 0.25) is 5.02 Å². The first-order chi connectivity index (χ1) is 8.66. The Morgan fingerprint density at radius 3 is 2.56 bits per heavy atom. The summed E-state index contributed by atoms with van der Waals surface area (Å²) < 4.78 is 0.800. The summed E-state index contributed by atoms with van der Waals surface area (Å²) in [6.07, 6.45) is 4.49. The molecular weight excluding hydrogens is 250 g/mol. The monoisotopic (exact) mass is 260 g/mol. The molecule has 0 bridgehead atoms. The number of allylic oxidation sites excluding steroid dienone is 1. The van der Waals surface area contributed by atoms with Gasteiger partial charge in [-0.25, -0.2) is 0 Å². The minimum absolute atomic E-state index is 0.211. The maximum Gasteiger partial charge on any atom is 0.304 e. The molecule has 0 saturated carbocycles. The SMILES string of the molecule is O=C(C=Cc1ccc(Cl)cc1)c1cccc[n+]1O. The van der Waals surface area contributed by atoms with Gasteiger partial charge in [0.25, 0.3) is 5.78 Å². The lowest BCUT2D eigenvalue weighted by Crippen LogP contribution is -2.36. The van der Waals surface area contributed by atoms with Gasteiger partial charge >= 0.3 is 5.69 Å². The normalized spacial score (nSPS) is 10.7. The summed E-state index contributed by atoms with van der Waals surface area (Å²) >= 11 is 5.76. The molecule has 1 heterocycles. The first-order valence-corrected chi connectivity index (χ1v) is 5.72. The van der Waals surface area contributed by atoms with E-state index in [2.05, 4.69) is 0 Å². The summed E-state index contributed by atoms with van der Waals surface area (Å²) in [6.45, 7) is 0. The number of nitrogens with zero attached hydrogens (tertiary/aromatic N) is 1.